The average molecular weight is 260 g/mol. The predicted octanol–water partition coefficient (Wildman–Crippen LogP) is 2.39. The normalized spacial score (nSPS) is 10.1. The van der Waals surface area contributed by atoms with Gasteiger partial charge in [0.1, 0.15) is 10.7 Å². The highest BCUT2D eigenvalue weighted by atomic mass is 35.5. The van der Waals surface area contributed by atoms with Crippen molar-refractivity contribution in [3.8, 4) is 5.75 Å². The molecule has 0 aliphatic heterocycles. The second-order valence-corrected chi connectivity index (χ2v) is 4.05. The van der Waals surface area contributed by atoms with Gasteiger partial charge < -0.3 is 15.2 Å². The first kappa shape index (κ1) is 13.2. The average Bonchev–Trinajstić information content (AvgIpc) is 2.24. The van der Waals surface area contributed by atoms with Crippen LogP contribution in [-0.4, -0.2) is 25.3 Å². The zero-order valence-corrected chi connectivity index (χ0v) is 10.6. The van der Waals surface area contributed by atoms with E-state index in [0.29, 0.717) is 29.5 Å². The Morgan fingerprint density at radius 3 is 2.75 bits per heavy atom. The van der Waals surface area contributed by atoms with Crippen LogP contribution in [0.2, 0.25) is 5.02 Å². The summed E-state index contributed by atoms with van der Waals surface area (Å²) in [6.07, 6.45) is 0.838. The maximum Gasteiger partial charge on any atom is 0.120 e. The predicted molar refractivity (Wildman–Crippen MR) is 69.3 cm³/mol. The third-order valence-corrected chi connectivity index (χ3v) is 2.50. The molecule has 0 saturated heterocycles. The summed E-state index contributed by atoms with van der Waals surface area (Å²) in [7, 11) is 1.66. The highest BCUT2D eigenvalue weighted by Gasteiger charge is 2.04. The van der Waals surface area contributed by atoms with Gasteiger partial charge in [0, 0.05) is 25.7 Å². The first-order valence-electron chi connectivity index (χ1n) is 4.86. The lowest BCUT2D eigenvalue weighted by Gasteiger charge is -2.08. The fourth-order valence-corrected chi connectivity index (χ4v) is 1.69. The Morgan fingerprint density at radius 1 is 1.44 bits per heavy atom. The van der Waals surface area contributed by atoms with Crippen molar-refractivity contribution < 1.29 is 9.47 Å². The van der Waals surface area contributed by atoms with Gasteiger partial charge in [0.25, 0.3) is 0 Å². The van der Waals surface area contributed by atoms with Crippen molar-refractivity contribution in [2.45, 2.75) is 6.42 Å². The van der Waals surface area contributed by atoms with Crippen molar-refractivity contribution in [2.75, 3.05) is 20.3 Å². The monoisotopic (exact) mass is 259 g/mol. The molecule has 0 radical (unpaired) electrons. The number of rotatable bonds is 6. The second-order valence-electron chi connectivity index (χ2n) is 3.20. The number of methoxy groups -OCH3 is 1. The molecule has 0 fully saturated rings. The number of thiocarbonyl (C=S) groups is 1. The zero-order chi connectivity index (χ0) is 12.0. The molecule has 5 heteroatoms. The van der Waals surface area contributed by atoms with E-state index in [1.165, 1.54) is 0 Å². The van der Waals surface area contributed by atoms with Gasteiger partial charge in [-0.1, -0.05) is 23.8 Å². The van der Waals surface area contributed by atoms with Gasteiger partial charge in [-0.15, -0.1) is 0 Å². The molecule has 1 aromatic carbocycles. The molecule has 2 N–H and O–H groups in total. The van der Waals surface area contributed by atoms with Crippen LogP contribution >= 0.6 is 23.8 Å². The minimum Gasteiger partial charge on any atom is -0.493 e. The minimum absolute atomic E-state index is 0.288. The first-order chi connectivity index (χ1) is 7.65. The molecular weight excluding hydrogens is 246 g/mol. The molecule has 0 aliphatic rings. The van der Waals surface area contributed by atoms with E-state index in [1.54, 1.807) is 25.3 Å². The summed E-state index contributed by atoms with van der Waals surface area (Å²) in [5, 5.41) is 0.511. The maximum atomic E-state index is 5.99. The molecule has 0 unspecified atom stereocenters. The van der Waals surface area contributed by atoms with E-state index in [-0.39, 0.29) is 4.99 Å². The lowest BCUT2D eigenvalue weighted by Crippen LogP contribution is -2.10. The molecule has 0 heterocycles. The molecule has 0 aliphatic carbocycles. The van der Waals surface area contributed by atoms with Gasteiger partial charge >= 0.3 is 0 Å². The molecule has 88 valence electrons. The van der Waals surface area contributed by atoms with Crippen molar-refractivity contribution in [3.05, 3.63) is 28.8 Å². The fourth-order valence-electron chi connectivity index (χ4n) is 1.18. The Labute approximate surface area is 105 Å². The van der Waals surface area contributed by atoms with E-state index in [2.05, 4.69) is 0 Å². The van der Waals surface area contributed by atoms with Crippen LogP contribution in [0.25, 0.3) is 0 Å². The highest BCUT2D eigenvalue weighted by Crippen LogP contribution is 2.22. The third kappa shape index (κ3) is 3.96. The molecule has 1 aromatic rings. The van der Waals surface area contributed by atoms with Crippen LogP contribution in [0.5, 0.6) is 5.75 Å². The molecule has 0 aromatic heterocycles. The van der Waals surface area contributed by atoms with Gasteiger partial charge in [0.05, 0.1) is 11.6 Å². The van der Waals surface area contributed by atoms with Crippen molar-refractivity contribution in [1.82, 2.24) is 0 Å². The Bertz CT molecular complexity index is 371. The number of benzene rings is 1. The van der Waals surface area contributed by atoms with E-state index in [0.717, 1.165) is 6.42 Å². The van der Waals surface area contributed by atoms with Gasteiger partial charge in [0.2, 0.25) is 0 Å². The summed E-state index contributed by atoms with van der Waals surface area (Å²) in [5.41, 5.74) is 6.16. The van der Waals surface area contributed by atoms with Crippen LogP contribution in [0, 0.1) is 0 Å². The molecule has 0 saturated carbocycles. The molecular formula is C11H14ClNO2S. The first-order valence-corrected chi connectivity index (χ1v) is 5.65. The third-order valence-electron chi connectivity index (χ3n) is 1.97. The van der Waals surface area contributed by atoms with E-state index in [1.807, 2.05) is 0 Å². The van der Waals surface area contributed by atoms with E-state index in [9.17, 15) is 0 Å². The van der Waals surface area contributed by atoms with Gasteiger partial charge in [0.15, 0.2) is 0 Å². The number of hydrogen-bond donors (Lipinski definition) is 1. The number of hydrogen-bond acceptors (Lipinski definition) is 3. The Balaban J connectivity index is 2.56. The van der Waals surface area contributed by atoms with E-state index < -0.39 is 0 Å². The minimum atomic E-state index is 0.288. The van der Waals surface area contributed by atoms with Crippen LogP contribution in [0.4, 0.5) is 0 Å². The van der Waals surface area contributed by atoms with Crippen LogP contribution in [-0.2, 0) is 4.74 Å². The quantitative estimate of drug-likeness (QED) is 0.629. The van der Waals surface area contributed by atoms with Crippen molar-refractivity contribution >= 4 is 28.8 Å². The summed E-state index contributed by atoms with van der Waals surface area (Å²) >= 11 is 10.8. The Kier molecular flexibility index (Phi) is 5.52. The Morgan fingerprint density at radius 2 is 2.19 bits per heavy atom. The zero-order valence-electron chi connectivity index (χ0n) is 9.03. The van der Waals surface area contributed by atoms with E-state index in [4.69, 9.17) is 39.0 Å². The summed E-state index contributed by atoms with van der Waals surface area (Å²) in [6.45, 7) is 1.27. The summed E-state index contributed by atoms with van der Waals surface area (Å²) < 4.78 is 10.4. The van der Waals surface area contributed by atoms with Crippen LogP contribution in [0.3, 0.4) is 0 Å². The highest BCUT2D eigenvalue weighted by molar-refractivity contribution is 7.80. The maximum absolute atomic E-state index is 5.99. The Hall–Kier alpha value is -0.840. The van der Waals surface area contributed by atoms with Crippen LogP contribution in [0.15, 0.2) is 18.2 Å². The molecule has 0 bridgehead atoms. The molecule has 3 nitrogen and oxygen atoms in total. The molecule has 0 amide bonds. The lowest BCUT2D eigenvalue weighted by molar-refractivity contribution is 0.172. The molecule has 1 rings (SSSR count). The van der Waals surface area contributed by atoms with Crippen molar-refractivity contribution in [3.63, 3.8) is 0 Å². The largest absolute Gasteiger partial charge is 0.493 e. The second kappa shape index (κ2) is 6.68. The standard InChI is InChI=1S/C11H14ClNO2S/c1-14-5-2-6-15-8-3-4-9(11(13)16)10(12)7-8/h3-4,7H,2,5-6H2,1H3,(H2,13,16). The molecule has 0 atom stereocenters. The lowest BCUT2D eigenvalue weighted by atomic mass is 10.2. The van der Waals surface area contributed by atoms with Gasteiger partial charge in [-0.2, -0.15) is 0 Å². The van der Waals surface area contributed by atoms with Crippen molar-refractivity contribution in [2.24, 2.45) is 5.73 Å². The number of nitrogens with two attached hydrogens (primary N) is 1. The summed E-state index contributed by atoms with van der Waals surface area (Å²) in [5.74, 6) is 0.709. The van der Waals surface area contributed by atoms with Crippen molar-refractivity contribution in [1.29, 1.82) is 0 Å². The SMILES string of the molecule is COCCCOc1ccc(C(N)=S)c(Cl)c1. The van der Waals surface area contributed by atoms with E-state index >= 15 is 0 Å². The topological polar surface area (TPSA) is 44.5 Å². The van der Waals surface area contributed by atoms with Gasteiger partial charge in [-0.3, -0.25) is 0 Å². The molecule has 16 heavy (non-hydrogen) atoms. The summed E-state index contributed by atoms with van der Waals surface area (Å²) in [6, 6.07) is 5.27. The number of ether oxygens (including phenoxy) is 2. The fraction of sp³-hybridized carbons (Fsp3) is 0.364. The molecule has 0 spiro atoms. The summed E-state index contributed by atoms with van der Waals surface area (Å²) in [4.78, 5) is 0.288. The smallest absolute Gasteiger partial charge is 0.120 e. The number of halogens is 1. The van der Waals surface area contributed by atoms with Crippen LogP contribution in [0.1, 0.15) is 12.0 Å². The van der Waals surface area contributed by atoms with Gasteiger partial charge in [-0.05, 0) is 18.2 Å². The van der Waals surface area contributed by atoms with Gasteiger partial charge in [-0.25, -0.2) is 0 Å². The van der Waals surface area contributed by atoms with Crippen LogP contribution < -0.4 is 10.5 Å².